The van der Waals surface area contributed by atoms with E-state index in [-0.39, 0.29) is 38.2 Å². The van der Waals surface area contributed by atoms with Crippen molar-refractivity contribution in [2.24, 2.45) is 0 Å². The van der Waals surface area contributed by atoms with Crippen LogP contribution in [0.1, 0.15) is 20.3 Å². The van der Waals surface area contributed by atoms with Gasteiger partial charge in [0.2, 0.25) is 0 Å². The van der Waals surface area contributed by atoms with E-state index in [1.54, 1.807) is 13.8 Å². The van der Waals surface area contributed by atoms with Crippen LogP contribution in [0.3, 0.4) is 0 Å². The highest BCUT2D eigenvalue weighted by Gasteiger charge is 2.24. The van der Waals surface area contributed by atoms with Crippen LogP contribution in [0.4, 0.5) is 0 Å². The molecule has 0 aromatic carbocycles. The highest BCUT2D eigenvalue weighted by molar-refractivity contribution is 7.86. The van der Waals surface area contributed by atoms with Gasteiger partial charge >= 0.3 is 7.60 Å². The van der Waals surface area contributed by atoms with E-state index in [9.17, 15) is 13.0 Å². The lowest BCUT2D eigenvalue weighted by molar-refractivity contribution is 0.220. The fraction of sp³-hybridized carbons (Fsp3) is 0.800. The first-order valence-corrected chi connectivity index (χ1v) is 8.88. The molecule has 0 bridgehead atoms. The third-order valence-corrected chi connectivity index (χ3v) is 5.23. The second-order valence-corrected chi connectivity index (χ2v) is 7.20. The third-order valence-electron chi connectivity index (χ3n) is 1.80. The summed E-state index contributed by atoms with van der Waals surface area (Å²) in [6, 6.07) is 0. The summed E-state index contributed by atoms with van der Waals surface area (Å²) >= 11 is 0. The van der Waals surface area contributed by atoms with E-state index in [0.29, 0.717) is 0 Å². The molecule has 6 nitrogen and oxygen atoms in total. The van der Waals surface area contributed by atoms with Gasteiger partial charge in [-0.1, -0.05) is 5.92 Å². The zero-order chi connectivity index (χ0) is 14.1. The molecule has 8 heteroatoms. The van der Waals surface area contributed by atoms with Crippen LogP contribution < -0.4 is 0 Å². The Morgan fingerprint density at radius 2 is 1.78 bits per heavy atom. The fourth-order valence-corrected chi connectivity index (χ4v) is 3.92. The van der Waals surface area contributed by atoms with Crippen molar-refractivity contribution in [1.29, 1.82) is 0 Å². The van der Waals surface area contributed by atoms with E-state index >= 15 is 0 Å². The molecule has 0 amide bonds. The second-order valence-electron chi connectivity index (χ2n) is 3.25. The van der Waals surface area contributed by atoms with Gasteiger partial charge in [-0.3, -0.25) is 8.75 Å². The Bertz CT molecular complexity index is 401. The van der Waals surface area contributed by atoms with E-state index in [1.807, 2.05) is 0 Å². The minimum absolute atomic E-state index is 0.0350. The number of hydrogen-bond donors (Lipinski definition) is 0. The summed E-state index contributed by atoms with van der Waals surface area (Å²) in [6.45, 7) is 3.59. The van der Waals surface area contributed by atoms with Crippen molar-refractivity contribution in [2.75, 3.05) is 31.7 Å². The summed E-state index contributed by atoms with van der Waals surface area (Å²) in [5.74, 6) is 1.80. The molecule has 0 aromatic rings. The molecule has 0 aliphatic heterocycles. The Morgan fingerprint density at radius 1 is 1.22 bits per heavy atom. The van der Waals surface area contributed by atoms with Crippen molar-refractivity contribution in [3.05, 3.63) is 0 Å². The monoisotopic (exact) mass is 298 g/mol. The summed E-state index contributed by atoms with van der Waals surface area (Å²) in [5.41, 5.74) is 0. The molecular formula is C10H19O6PS. The molecule has 0 aliphatic carbocycles. The van der Waals surface area contributed by atoms with Crippen molar-refractivity contribution in [3.8, 4) is 12.3 Å². The van der Waals surface area contributed by atoms with Crippen LogP contribution in [-0.4, -0.2) is 40.2 Å². The first-order valence-electron chi connectivity index (χ1n) is 5.58. The van der Waals surface area contributed by atoms with Crippen molar-refractivity contribution in [1.82, 2.24) is 0 Å². The molecule has 0 aromatic heterocycles. The largest absolute Gasteiger partial charge is 0.330 e. The van der Waals surface area contributed by atoms with Gasteiger partial charge in [-0.15, -0.1) is 6.42 Å². The summed E-state index contributed by atoms with van der Waals surface area (Å²) in [7, 11) is -6.86. The summed E-state index contributed by atoms with van der Waals surface area (Å²) in [5, 5.41) is 0. The smallest absolute Gasteiger partial charge is 0.309 e. The Morgan fingerprint density at radius 3 is 2.22 bits per heavy atom. The SMILES string of the molecule is C#CCOS(=O)(=O)CCCP(=O)(OCC)OCC. The van der Waals surface area contributed by atoms with Gasteiger partial charge in [0.15, 0.2) is 0 Å². The molecule has 106 valence electrons. The number of rotatable bonds is 10. The normalized spacial score (nSPS) is 12.3. The Hall–Kier alpha value is -0.380. The molecule has 0 heterocycles. The molecule has 0 fully saturated rings. The zero-order valence-electron chi connectivity index (χ0n) is 10.6. The topological polar surface area (TPSA) is 78.9 Å². The molecule has 0 rings (SSSR count). The van der Waals surface area contributed by atoms with Gasteiger partial charge in [-0.05, 0) is 20.3 Å². The molecule has 0 atom stereocenters. The molecule has 0 unspecified atom stereocenters. The van der Waals surface area contributed by atoms with Crippen LogP contribution in [0.25, 0.3) is 0 Å². The zero-order valence-corrected chi connectivity index (χ0v) is 12.3. The van der Waals surface area contributed by atoms with Crippen molar-refractivity contribution >= 4 is 17.7 Å². The minimum atomic E-state index is -3.67. The van der Waals surface area contributed by atoms with E-state index in [1.165, 1.54) is 0 Å². The van der Waals surface area contributed by atoms with E-state index in [2.05, 4.69) is 10.1 Å². The molecule has 18 heavy (non-hydrogen) atoms. The predicted molar refractivity (Wildman–Crippen MR) is 68.9 cm³/mol. The first-order chi connectivity index (χ1) is 8.39. The highest BCUT2D eigenvalue weighted by Crippen LogP contribution is 2.48. The van der Waals surface area contributed by atoms with Gasteiger partial charge in [0, 0.05) is 0 Å². The average molecular weight is 298 g/mol. The lowest BCUT2D eigenvalue weighted by Gasteiger charge is -2.16. The molecule has 0 spiro atoms. The molecule has 0 saturated carbocycles. The van der Waals surface area contributed by atoms with Gasteiger partial charge in [0.25, 0.3) is 10.1 Å². The lowest BCUT2D eigenvalue weighted by atomic mass is 10.6. The van der Waals surface area contributed by atoms with Gasteiger partial charge < -0.3 is 9.05 Å². The molecule has 0 radical (unpaired) electrons. The fourth-order valence-electron chi connectivity index (χ4n) is 1.18. The molecule has 0 aliphatic rings. The van der Waals surface area contributed by atoms with E-state index in [4.69, 9.17) is 15.5 Å². The maximum Gasteiger partial charge on any atom is 0.330 e. The third kappa shape index (κ3) is 7.85. The van der Waals surface area contributed by atoms with Crippen LogP contribution in [0.5, 0.6) is 0 Å². The van der Waals surface area contributed by atoms with Crippen molar-refractivity contribution in [3.63, 3.8) is 0 Å². The quantitative estimate of drug-likeness (QED) is 0.346. The van der Waals surface area contributed by atoms with Crippen LogP contribution in [-0.2, 0) is 27.9 Å². The molecular weight excluding hydrogens is 279 g/mol. The van der Waals surface area contributed by atoms with Gasteiger partial charge in [0.1, 0.15) is 6.61 Å². The van der Waals surface area contributed by atoms with Gasteiger partial charge in [-0.25, -0.2) is 0 Å². The summed E-state index contributed by atoms with van der Waals surface area (Å²) in [4.78, 5) is 0. The average Bonchev–Trinajstić information content (AvgIpc) is 2.26. The Labute approximate surface area is 109 Å². The van der Waals surface area contributed by atoms with Crippen LogP contribution in [0.2, 0.25) is 0 Å². The van der Waals surface area contributed by atoms with Crippen molar-refractivity contribution < 1.29 is 26.2 Å². The van der Waals surface area contributed by atoms with E-state index < -0.39 is 17.7 Å². The maximum absolute atomic E-state index is 12.0. The first kappa shape index (κ1) is 17.6. The molecule has 0 saturated heterocycles. The van der Waals surface area contributed by atoms with Crippen LogP contribution in [0, 0.1) is 12.3 Å². The van der Waals surface area contributed by atoms with Gasteiger partial charge in [-0.2, -0.15) is 8.42 Å². The number of terminal acetylenes is 1. The van der Waals surface area contributed by atoms with Crippen LogP contribution in [0.15, 0.2) is 0 Å². The van der Waals surface area contributed by atoms with Crippen molar-refractivity contribution in [2.45, 2.75) is 20.3 Å². The summed E-state index contributed by atoms with van der Waals surface area (Å²) < 4.78 is 49.1. The summed E-state index contributed by atoms with van der Waals surface area (Å²) in [6.07, 6.45) is 5.05. The maximum atomic E-state index is 12.0. The minimum Gasteiger partial charge on any atom is -0.309 e. The van der Waals surface area contributed by atoms with Crippen LogP contribution >= 0.6 is 7.60 Å². The predicted octanol–water partition coefficient (Wildman–Crippen LogP) is 1.62. The molecule has 0 N–H and O–H groups in total. The van der Waals surface area contributed by atoms with Gasteiger partial charge in [0.05, 0.1) is 25.1 Å². The standard InChI is InChI=1S/C10H19O6PS/c1-4-8-16-18(12,13)10-7-9-17(11,14-5-2)15-6-3/h1H,5-10H2,2-3H3. The Kier molecular flexibility index (Phi) is 8.49. The Balaban J connectivity index is 4.22. The number of hydrogen-bond acceptors (Lipinski definition) is 6. The second kappa shape index (κ2) is 8.68. The van der Waals surface area contributed by atoms with E-state index in [0.717, 1.165) is 0 Å². The lowest BCUT2D eigenvalue weighted by Crippen LogP contribution is -2.13. The highest BCUT2D eigenvalue weighted by atomic mass is 32.2.